The lowest BCUT2D eigenvalue weighted by molar-refractivity contribution is 0.393. The summed E-state index contributed by atoms with van der Waals surface area (Å²) in [7, 11) is 0. The van der Waals surface area contributed by atoms with Gasteiger partial charge in [0.05, 0.1) is 0 Å². The highest BCUT2D eigenvalue weighted by Crippen LogP contribution is 2.33. The van der Waals surface area contributed by atoms with Crippen LogP contribution in [0, 0.1) is 5.41 Å². The summed E-state index contributed by atoms with van der Waals surface area (Å²) in [6.45, 7) is 1.36. The largest absolute Gasteiger partial charge is 0.370 e. The maximum absolute atomic E-state index is 7.54. The zero-order valence-corrected chi connectivity index (χ0v) is 11.2. The van der Waals surface area contributed by atoms with Gasteiger partial charge in [-0.1, -0.05) is 35.9 Å². The van der Waals surface area contributed by atoms with Gasteiger partial charge in [-0.25, -0.2) is 0 Å². The minimum atomic E-state index is 0. The zero-order valence-electron chi connectivity index (χ0n) is 9.61. The van der Waals surface area contributed by atoms with Gasteiger partial charge in [0.1, 0.15) is 0 Å². The van der Waals surface area contributed by atoms with Crippen LogP contribution in [0.2, 0.25) is 5.02 Å². The third kappa shape index (κ3) is 1.89. The molecule has 1 aliphatic rings. The summed E-state index contributed by atoms with van der Waals surface area (Å²) in [5.74, 6) is 0.114. The quantitative estimate of drug-likeness (QED) is 0.576. The van der Waals surface area contributed by atoms with Crippen LogP contribution in [0.25, 0.3) is 10.8 Å². The van der Waals surface area contributed by atoms with E-state index in [1.165, 1.54) is 16.5 Å². The molecule has 2 aromatic rings. The van der Waals surface area contributed by atoms with Crippen molar-refractivity contribution in [1.29, 1.82) is 5.41 Å². The number of guanidine groups is 1. The molecule has 0 amide bonds. The van der Waals surface area contributed by atoms with Crippen molar-refractivity contribution in [2.45, 2.75) is 13.1 Å². The van der Waals surface area contributed by atoms with E-state index < -0.39 is 0 Å². The molecule has 0 aliphatic carbocycles. The molecule has 2 aromatic carbocycles. The van der Waals surface area contributed by atoms with Gasteiger partial charge in [0.2, 0.25) is 0 Å². The Bertz CT molecular complexity index is 613. The van der Waals surface area contributed by atoms with E-state index in [2.05, 4.69) is 6.07 Å². The molecule has 0 atom stereocenters. The van der Waals surface area contributed by atoms with Gasteiger partial charge < -0.3 is 10.6 Å². The van der Waals surface area contributed by atoms with Crippen molar-refractivity contribution in [2.24, 2.45) is 5.73 Å². The fourth-order valence-corrected chi connectivity index (χ4v) is 2.65. The Kier molecular flexibility index (Phi) is 3.37. The number of rotatable bonds is 0. The molecule has 3 N–H and O–H groups in total. The van der Waals surface area contributed by atoms with Crippen molar-refractivity contribution < 1.29 is 0 Å². The highest BCUT2D eigenvalue weighted by Gasteiger charge is 2.19. The first-order valence-corrected chi connectivity index (χ1v) is 5.82. The molecule has 0 bridgehead atoms. The molecule has 0 spiro atoms. The Hall–Kier alpha value is -1.45. The molecular weight excluding hydrogens is 269 g/mol. The molecule has 1 aliphatic heterocycles. The molecule has 0 radical (unpaired) electrons. The maximum Gasteiger partial charge on any atom is 0.188 e. The van der Waals surface area contributed by atoms with Crippen LogP contribution in [-0.2, 0) is 13.1 Å². The van der Waals surface area contributed by atoms with E-state index >= 15 is 0 Å². The van der Waals surface area contributed by atoms with Crippen molar-refractivity contribution >= 4 is 40.7 Å². The Balaban J connectivity index is 0.00000120. The van der Waals surface area contributed by atoms with Gasteiger partial charge in [-0.05, 0) is 22.6 Å². The number of hydrogen-bond donors (Lipinski definition) is 2. The number of benzene rings is 2. The third-order valence-electron chi connectivity index (χ3n) is 3.22. The Morgan fingerprint density at radius 3 is 2.50 bits per heavy atom. The van der Waals surface area contributed by atoms with Crippen LogP contribution < -0.4 is 5.73 Å². The van der Waals surface area contributed by atoms with Gasteiger partial charge in [0.15, 0.2) is 5.96 Å². The van der Waals surface area contributed by atoms with E-state index in [9.17, 15) is 0 Å². The number of nitrogens with zero attached hydrogens (tertiary/aromatic N) is 1. The monoisotopic (exact) mass is 281 g/mol. The standard InChI is InChI=1S/C13H12ClN3.ClH/c14-11-5-4-9-7-17(13(15)16)6-8-2-1-3-10(11)12(8)9;/h1-5H,6-7H2,(H3,15,16);1H. The number of halogens is 2. The first kappa shape index (κ1) is 13.0. The van der Waals surface area contributed by atoms with Crippen molar-refractivity contribution in [1.82, 2.24) is 4.90 Å². The summed E-state index contributed by atoms with van der Waals surface area (Å²) in [5, 5.41) is 10.6. The topological polar surface area (TPSA) is 53.1 Å². The highest BCUT2D eigenvalue weighted by molar-refractivity contribution is 6.35. The molecule has 1 heterocycles. The molecule has 3 nitrogen and oxygen atoms in total. The highest BCUT2D eigenvalue weighted by atomic mass is 35.5. The maximum atomic E-state index is 7.54. The van der Waals surface area contributed by atoms with Gasteiger partial charge in [0.25, 0.3) is 0 Å². The molecule has 0 aromatic heterocycles. The average molecular weight is 282 g/mol. The summed E-state index contributed by atoms with van der Waals surface area (Å²) >= 11 is 6.20. The first-order valence-electron chi connectivity index (χ1n) is 5.45. The van der Waals surface area contributed by atoms with Crippen molar-refractivity contribution in [3.8, 4) is 0 Å². The van der Waals surface area contributed by atoms with Crippen LogP contribution >= 0.6 is 24.0 Å². The fraction of sp³-hybridized carbons (Fsp3) is 0.154. The molecule has 5 heteroatoms. The van der Waals surface area contributed by atoms with E-state index in [0.717, 1.165) is 10.4 Å². The predicted molar refractivity (Wildman–Crippen MR) is 77.4 cm³/mol. The van der Waals surface area contributed by atoms with Gasteiger partial charge in [-0.15, -0.1) is 12.4 Å². The lowest BCUT2D eigenvalue weighted by Gasteiger charge is -2.29. The van der Waals surface area contributed by atoms with Crippen molar-refractivity contribution in [3.63, 3.8) is 0 Å². The lowest BCUT2D eigenvalue weighted by Crippen LogP contribution is -2.37. The molecular formula is C13H13Cl2N3. The second-order valence-electron chi connectivity index (χ2n) is 4.29. The summed E-state index contributed by atoms with van der Waals surface area (Å²) in [6, 6.07) is 10.0. The van der Waals surface area contributed by atoms with Gasteiger partial charge in [-0.3, -0.25) is 5.41 Å². The number of nitrogens with two attached hydrogens (primary N) is 1. The lowest BCUT2D eigenvalue weighted by atomic mass is 9.95. The van der Waals surface area contributed by atoms with Crippen molar-refractivity contribution in [3.05, 3.63) is 46.5 Å². The molecule has 3 rings (SSSR count). The van der Waals surface area contributed by atoms with E-state index in [4.69, 9.17) is 22.7 Å². The average Bonchev–Trinajstić information content (AvgIpc) is 2.33. The molecule has 0 saturated carbocycles. The van der Waals surface area contributed by atoms with Crippen LogP contribution in [0.4, 0.5) is 0 Å². The molecule has 94 valence electrons. The molecule has 18 heavy (non-hydrogen) atoms. The minimum absolute atomic E-state index is 0. The van der Waals surface area contributed by atoms with Crippen LogP contribution in [0.5, 0.6) is 0 Å². The van der Waals surface area contributed by atoms with Gasteiger partial charge in [0, 0.05) is 23.5 Å². The van der Waals surface area contributed by atoms with E-state index in [1.54, 1.807) is 0 Å². The molecule has 0 saturated heterocycles. The third-order valence-corrected chi connectivity index (χ3v) is 3.55. The Morgan fingerprint density at radius 2 is 1.83 bits per heavy atom. The summed E-state index contributed by atoms with van der Waals surface area (Å²) in [6.07, 6.45) is 0. The summed E-state index contributed by atoms with van der Waals surface area (Å²) < 4.78 is 0. The predicted octanol–water partition coefficient (Wildman–Crippen LogP) is 3.12. The summed E-state index contributed by atoms with van der Waals surface area (Å²) in [4.78, 5) is 1.85. The molecule has 0 fully saturated rings. The van der Waals surface area contributed by atoms with Crippen LogP contribution in [0.3, 0.4) is 0 Å². The minimum Gasteiger partial charge on any atom is -0.370 e. The van der Waals surface area contributed by atoms with Gasteiger partial charge in [-0.2, -0.15) is 0 Å². The Labute approximate surface area is 116 Å². The number of hydrogen-bond acceptors (Lipinski definition) is 1. The van der Waals surface area contributed by atoms with Crippen molar-refractivity contribution in [2.75, 3.05) is 0 Å². The van der Waals surface area contributed by atoms with E-state index in [0.29, 0.717) is 13.1 Å². The van der Waals surface area contributed by atoms with Crippen LogP contribution in [-0.4, -0.2) is 10.9 Å². The number of nitrogens with one attached hydrogen (secondary N) is 1. The SMILES string of the molecule is Cl.N=C(N)N1Cc2cccc3c(Cl)ccc(c23)C1. The van der Waals surface area contributed by atoms with Gasteiger partial charge >= 0.3 is 0 Å². The zero-order chi connectivity index (χ0) is 12.0. The first-order chi connectivity index (χ1) is 8.16. The van der Waals surface area contributed by atoms with Crippen LogP contribution in [0.15, 0.2) is 30.3 Å². The Morgan fingerprint density at radius 1 is 1.17 bits per heavy atom. The fourth-order valence-electron chi connectivity index (χ4n) is 2.43. The molecule has 0 unspecified atom stereocenters. The van der Waals surface area contributed by atoms with E-state index in [-0.39, 0.29) is 18.4 Å². The van der Waals surface area contributed by atoms with Crippen LogP contribution in [0.1, 0.15) is 11.1 Å². The summed E-state index contributed by atoms with van der Waals surface area (Å²) in [5.41, 5.74) is 7.93. The normalized spacial score (nSPS) is 13.3. The second-order valence-corrected chi connectivity index (χ2v) is 4.69. The smallest absolute Gasteiger partial charge is 0.188 e. The van der Waals surface area contributed by atoms with E-state index in [1.807, 2.05) is 29.2 Å². The second kappa shape index (κ2) is 4.67.